The van der Waals surface area contributed by atoms with Gasteiger partial charge >= 0.3 is 0 Å². The fourth-order valence-electron chi connectivity index (χ4n) is 9.50. The van der Waals surface area contributed by atoms with Crippen LogP contribution in [0.4, 0.5) is 0 Å². The van der Waals surface area contributed by atoms with E-state index in [1.165, 1.54) is 73.3 Å². The number of rotatable bonds is 2. The number of aromatic nitrogens is 1. The van der Waals surface area contributed by atoms with Crippen LogP contribution in [0.25, 0.3) is 10.8 Å². The van der Waals surface area contributed by atoms with E-state index in [9.17, 15) is 0 Å². The smallest absolute Gasteiger partial charge is 0.0974 e. The van der Waals surface area contributed by atoms with E-state index >= 15 is 0 Å². The number of pyridine rings is 1. The molecule has 2 saturated heterocycles. The van der Waals surface area contributed by atoms with Gasteiger partial charge in [0.2, 0.25) is 0 Å². The number of nitrogens with zero attached hydrogens (tertiary/aromatic N) is 2. The molecule has 1 aromatic carbocycles. The second kappa shape index (κ2) is 7.75. The van der Waals surface area contributed by atoms with Crippen LogP contribution in [0.5, 0.6) is 0 Å². The van der Waals surface area contributed by atoms with Gasteiger partial charge in [0.15, 0.2) is 0 Å². The molecule has 3 aliphatic heterocycles. The van der Waals surface area contributed by atoms with Gasteiger partial charge in [-0.2, -0.15) is 0 Å². The molecule has 36 heavy (non-hydrogen) atoms. The van der Waals surface area contributed by atoms with E-state index in [2.05, 4.69) is 53.2 Å². The zero-order valence-corrected chi connectivity index (χ0v) is 21.5. The average molecular weight is 483 g/mol. The van der Waals surface area contributed by atoms with Gasteiger partial charge in [-0.15, -0.1) is 0 Å². The number of hydrogen-bond donors (Lipinski definition) is 0. The van der Waals surface area contributed by atoms with Gasteiger partial charge < -0.3 is 9.47 Å². The fourth-order valence-corrected chi connectivity index (χ4v) is 9.50. The first-order valence-corrected chi connectivity index (χ1v) is 14.4. The van der Waals surface area contributed by atoms with Crippen molar-refractivity contribution in [2.45, 2.75) is 81.5 Å². The van der Waals surface area contributed by atoms with Crippen molar-refractivity contribution in [2.24, 2.45) is 11.3 Å². The van der Waals surface area contributed by atoms with E-state index in [1.54, 1.807) is 5.57 Å². The van der Waals surface area contributed by atoms with Crippen molar-refractivity contribution in [1.29, 1.82) is 0 Å². The lowest BCUT2D eigenvalue weighted by molar-refractivity contribution is -0.143. The summed E-state index contributed by atoms with van der Waals surface area (Å²) in [4.78, 5) is 7.09. The van der Waals surface area contributed by atoms with Crippen molar-refractivity contribution in [1.82, 2.24) is 9.88 Å². The third kappa shape index (κ3) is 2.95. The Kier molecular flexibility index (Phi) is 4.74. The van der Waals surface area contributed by atoms with Crippen molar-refractivity contribution in [3.05, 3.63) is 65.5 Å². The topological polar surface area (TPSA) is 34.6 Å². The van der Waals surface area contributed by atoms with Crippen molar-refractivity contribution in [3.63, 3.8) is 0 Å². The van der Waals surface area contributed by atoms with Gasteiger partial charge in [0.1, 0.15) is 0 Å². The van der Waals surface area contributed by atoms with E-state index in [0.717, 1.165) is 26.3 Å². The molecule has 2 spiro atoms. The van der Waals surface area contributed by atoms with Crippen molar-refractivity contribution < 1.29 is 9.47 Å². The lowest BCUT2D eigenvalue weighted by Crippen LogP contribution is -2.56. The molecule has 8 rings (SSSR count). The maximum absolute atomic E-state index is 7.53. The largest absolute Gasteiger partial charge is 0.379 e. The molecular formula is C32H38N2O2. The number of hydrogen-bond acceptors (Lipinski definition) is 4. The molecular weight excluding hydrogens is 444 g/mol. The zero-order valence-electron chi connectivity index (χ0n) is 21.5. The molecule has 6 aliphatic rings. The summed E-state index contributed by atoms with van der Waals surface area (Å²) in [5.41, 5.74) is 4.78. The molecule has 4 heterocycles. The van der Waals surface area contributed by atoms with Gasteiger partial charge in [0.05, 0.1) is 24.4 Å². The zero-order chi connectivity index (χ0) is 24.0. The monoisotopic (exact) mass is 482 g/mol. The summed E-state index contributed by atoms with van der Waals surface area (Å²) in [5, 5.41) is 2.56. The fraction of sp³-hybridized carbons (Fsp3) is 0.594. The summed E-state index contributed by atoms with van der Waals surface area (Å²) >= 11 is 0. The Balaban J connectivity index is 1.13. The summed E-state index contributed by atoms with van der Waals surface area (Å²) in [6.07, 6.45) is 18.9. The first kappa shape index (κ1) is 22.0. The molecule has 4 heteroatoms. The van der Waals surface area contributed by atoms with Crippen LogP contribution >= 0.6 is 0 Å². The Labute approximate surface area is 214 Å². The van der Waals surface area contributed by atoms with Crippen LogP contribution in [0.15, 0.2) is 60.0 Å². The van der Waals surface area contributed by atoms with Crippen molar-refractivity contribution >= 4 is 10.8 Å². The van der Waals surface area contributed by atoms with Crippen LogP contribution in [0.3, 0.4) is 0 Å². The van der Waals surface area contributed by atoms with E-state index in [4.69, 9.17) is 9.47 Å². The molecule has 3 unspecified atom stereocenters. The highest BCUT2D eigenvalue weighted by Gasteiger charge is 2.66. The SMILES string of the molecule is CC12CC=C3C=C4CCC(N5CCOCC5)C[C@]45CC[C@]3(O5)[C@@H]1CCC2c1ccc2ccncc2c1. The van der Waals surface area contributed by atoms with Crippen LogP contribution in [-0.2, 0) is 9.47 Å². The molecule has 2 saturated carbocycles. The predicted molar refractivity (Wildman–Crippen MR) is 142 cm³/mol. The summed E-state index contributed by atoms with van der Waals surface area (Å²) < 4.78 is 13.2. The third-order valence-electron chi connectivity index (χ3n) is 11.3. The summed E-state index contributed by atoms with van der Waals surface area (Å²) in [6, 6.07) is 9.88. The van der Waals surface area contributed by atoms with Gasteiger partial charge in [-0.25, -0.2) is 0 Å². The summed E-state index contributed by atoms with van der Waals surface area (Å²) in [7, 11) is 0. The molecule has 188 valence electrons. The van der Waals surface area contributed by atoms with Gasteiger partial charge in [0.25, 0.3) is 0 Å². The van der Waals surface area contributed by atoms with Gasteiger partial charge in [-0.3, -0.25) is 9.88 Å². The minimum atomic E-state index is -0.0729. The van der Waals surface area contributed by atoms with E-state index in [-0.39, 0.29) is 16.6 Å². The standard InChI is InChI=1S/C32H38N2O2/c1-30-10-8-26-19-25-4-5-27(34-14-16-35-17-15-34)20-31(25)11-12-32(26,36-31)29(30)7-6-28(30)23-3-2-22-9-13-33-21-24(22)18-23/h2-3,8-9,13,18-19,21,27-29H,4-7,10-12,14-17,20H2,1H3/t27?,28?,29-,30?,31-,32-/m1/s1. The molecule has 0 amide bonds. The van der Waals surface area contributed by atoms with Crippen molar-refractivity contribution in [2.75, 3.05) is 26.3 Å². The molecule has 2 bridgehead atoms. The highest BCUT2D eigenvalue weighted by Crippen LogP contribution is 2.69. The second-order valence-electron chi connectivity index (χ2n) is 12.7. The molecule has 1 aromatic heterocycles. The summed E-state index contributed by atoms with van der Waals surface area (Å²) in [6.45, 7) is 6.52. The molecule has 2 aromatic rings. The van der Waals surface area contributed by atoms with Crippen LogP contribution in [0.1, 0.15) is 69.8 Å². The van der Waals surface area contributed by atoms with Crippen LogP contribution < -0.4 is 0 Å². The quantitative estimate of drug-likeness (QED) is 0.512. The molecule has 0 radical (unpaired) electrons. The van der Waals surface area contributed by atoms with Crippen LogP contribution in [0.2, 0.25) is 0 Å². The number of benzene rings is 1. The minimum Gasteiger partial charge on any atom is -0.379 e. The highest BCUT2D eigenvalue weighted by molar-refractivity contribution is 5.82. The number of morpholine rings is 1. The van der Waals surface area contributed by atoms with Crippen LogP contribution in [0, 0.1) is 11.3 Å². The minimum absolute atomic E-state index is 0.0243. The summed E-state index contributed by atoms with van der Waals surface area (Å²) in [5.74, 6) is 1.18. The number of fused-ring (bicyclic) bond motifs is 2. The van der Waals surface area contributed by atoms with E-state index < -0.39 is 0 Å². The lowest BCUT2D eigenvalue weighted by atomic mass is 9.58. The van der Waals surface area contributed by atoms with Crippen molar-refractivity contribution in [3.8, 4) is 0 Å². The number of ether oxygens (including phenoxy) is 2. The Hall–Kier alpha value is -2.01. The molecule has 4 fully saturated rings. The maximum atomic E-state index is 7.53. The van der Waals surface area contributed by atoms with Gasteiger partial charge in [-0.1, -0.05) is 31.2 Å². The second-order valence-corrected chi connectivity index (χ2v) is 12.7. The normalized spacial score (nSPS) is 41.9. The Morgan fingerprint density at radius 2 is 1.94 bits per heavy atom. The first-order valence-electron chi connectivity index (χ1n) is 14.4. The third-order valence-corrected chi connectivity index (χ3v) is 11.3. The van der Waals surface area contributed by atoms with Crippen LogP contribution in [-0.4, -0.2) is 53.4 Å². The Morgan fingerprint density at radius 1 is 1.03 bits per heavy atom. The van der Waals surface area contributed by atoms with E-state index in [1.807, 2.05) is 12.4 Å². The molecule has 0 N–H and O–H groups in total. The molecule has 4 nitrogen and oxygen atoms in total. The lowest BCUT2D eigenvalue weighted by Gasteiger charge is -2.55. The van der Waals surface area contributed by atoms with E-state index in [0.29, 0.717) is 17.9 Å². The van der Waals surface area contributed by atoms with Gasteiger partial charge in [0, 0.05) is 36.9 Å². The average Bonchev–Trinajstić information content (AvgIpc) is 3.43. The Morgan fingerprint density at radius 3 is 2.86 bits per heavy atom. The molecule has 3 aliphatic carbocycles. The highest BCUT2D eigenvalue weighted by atomic mass is 16.5. The molecule has 6 atom stereocenters. The van der Waals surface area contributed by atoms with Gasteiger partial charge in [-0.05, 0) is 103 Å². The predicted octanol–water partition coefficient (Wildman–Crippen LogP) is 6.18. The number of allylic oxidation sites excluding steroid dienone is 1. The Bertz CT molecular complexity index is 1280. The first-order chi connectivity index (χ1) is 17.6. The maximum Gasteiger partial charge on any atom is 0.0974 e.